The Kier molecular flexibility index (Phi) is 4.93. The number of hydrogen-bond donors (Lipinski definition) is 1. The second kappa shape index (κ2) is 7.13. The minimum absolute atomic E-state index is 0.0590. The smallest absolute Gasteiger partial charge is 0.225 e. The van der Waals surface area contributed by atoms with E-state index < -0.39 is 0 Å². The summed E-state index contributed by atoms with van der Waals surface area (Å²) in [7, 11) is 0. The molecule has 1 aliphatic heterocycles. The molecule has 1 aliphatic rings. The summed E-state index contributed by atoms with van der Waals surface area (Å²) in [6.07, 6.45) is 3.41. The van der Waals surface area contributed by atoms with E-state index >= 15 is 0 Å². The van der Waals surface area contributed by atoms with Gasteiger partial charge in [-0.3, -0.25) is 9.48 Å². The van der Waals surface area contributed by atoms with Gasteiger partial charge in [-0.25, -0.2) is 0 Å². The summed E-state index contributed by atoms with van der Waals surface area (Å²) < 4.78 is 1.94. The highest BCUT2D eigenvalue weighted by atomic mass is 16.3. The number of carbonyl (C=O) groups excluding carboxylic acids is 1. The number of aryl methyl sites for hydroxylation is 2. The fourth-order valence-electron chi connectivity index (χ4n) is 3.39. The number of amides is 1. The van der Waals surface area contributed by atoms with Crippen LogP contribution in [0.2, 0.25) is 0 Å². The number of benzene rings is 1. The Labute approximate surface area is 148 Å². The lowest BCUT2D eigenvalue weighted by molar-refractivity contribution is -0.131. The van der Waals surface area contributed by atoms with Crippen LogP contribution in [0.5, 0.6) is 5.75 Å². The maximum Gasteiger partial charge on any atom is 0.225 e. The van der Waals surface area contributed by atoms with E-state index in [0.29, 0.717) is 13.0 Å². The molecule has 0 saturated heterocycles. The van der Waals surface area contributed by atoms with Gasteiger partial charge in [-0.1, -0.05) is 18.2 Å². The number of rotatable bonds is 4. The number of aromatic hydroxyl groups is 1. The minimum Gasteiger partial charge on any atom is -0.508 e. The fourth-order valence-corrected chi connectivity index (χ4v) is 3.39. The molecule has 1 aromatic carbocycles. The predicted molar refractivity (Wildman–Crippen MR) is 98.3 cm³/mol. The lowest BCUT2D eigenvalue weighted by atomic mass is 9.99. The van der Waals surface area contributed by atoms with Crippen molar-refractivity contribution in [1.82, 2.24) is 14.7 Å². The Morgan fingerprint density at radius 2 is 2.00 bits per heavy atom. The van der Waals surface area contributed by atoms with Crippen molar-refractivity contribution in [1.29, 1.82) is 0 Å². The maximum absolute atomic E-state index is 12.6. The Morgan fingerprint density at radius 3 is 2.56 bits per heavy atom. The molecule has 1 aromatic heterocycles. The van der Waals surface area contributed by atoms with Crippen LogP contribution in [-0.4, -0.2) is 38.8 Å². The lowest BCUT2D eigenvalue weighted by Gasteiger charge is -2.28. The number of carbonyl (C=O) groups is 1. The van der Waals surface area contributed by atoms with Crippen LogP contribution in [0.25, 0.3) is 5.57 Å². The van der Waals surface area contributed by atoms with Gasteiger partial charge >= 0.3 is 0 Å². The van der Waals surface area contributed by atoms with Gasteiger partial charge in [0.15, 0.2) is 0 Å². The third-order valence-electron chi connectivity index (χ3n) is 4.73. The maximum atomic E-state index is 12.6. The van der Waals surface area contributed by atoms with Gasteiger partial charge in [-0.15, -0.1) is 0 Å². The molecule has 3 rings (SSSR count). The Hall–Kier alpha value is -2.56. The molecule has 2 aromatic rings. The zero-order valence-electron chi connectivity index (χ0n) is 15.1. The highest BCUT2D eigenvalue weighted by Crippen LogP contribution is 2.25. The Bertz CT molecular complexity index is 790. The molecule has 1 atom stereocenters. The molecule has 132 valence electrons. The molecule has 5 nitrogen and oxygen atoms in total. The number of aromatic nitrogens is 2. The second-order valence-electron chi connectivity index (χ2n) is 6.79. The SMILES string of the molecule is Cc1cc(C)n(C(C)CC(=O)N2CC=C(c3ccc(O)cc3)CC2)n1. The summed E-state index contributed by atoms with van der Waals surface area (Å²) in [5.41, 5.74) is 4.42. The first-order valence-corrected chi connectivity index (χ1v) is 8.73. The standard InChI is InChI=1S/C20H25N3O2/c1-14-12-15(2)23(21-14)16(3)13-20(25)22-10-8-18(9-11-22)17-4-6-19(24)7-5-17/h4-8,12,16,24H,9-11,13H2,1-3H3. The highest BCUT2D eigenvalue weighted by Gasteiger charge is 2.21. The molecule has 0 aliphatic carbocycles. The third-order valence-corrected chi connectivity index (χ3v) is 4.73. The normalized spacial score (nSPS) is 15.8. The van der Waals surface area contributed by atoms with E-state index in [-0.39, 0.29) is 17.7 Å². The Morgan fingerprint density at radius 1 is 1.28 bits per heavy atom. The number of nitrogens with zero attached hydrogens (tertiary/aromatic N) is 3. The molecule has 1 amide bonds. The van der Waals surface area contributed by atoms with E-state index in [1.165, 1.54) is 5.57 Å². The van der Waals surface area contributed by atoms with Gasteiger partial charge in [0.2, 0.25) is 5.91 Å². The quantitative estimate of drug-likeness (QED) is 0.928. The zero-order chi connectivity index (χ0) is 18.0. The van der Waals surface area contributed by atoms with Crippen molar-refractivity contribution < 1.29 is 9.90 Å². The van der Waals surface area contributed by atoms with Crippen molar-refractivity contribution >= 4 is 11.5 Å². The predicted octanol–water partition coefficient (Wildman–Crippen LogP) is 3.47. The first-order chi connectivity index (χ1) is 11.9. The molecule has 1 N–H and O–H groups in total. The van der Waals surface area contributed by atoms with Gasteiger partial charge < -0.3 is 10.0 Å². The second-order valence-corrected chi connectivity index (χ2v) is 6.79. The van der Waals surface area contributed by atoms with Crippen molar-refractivity contribution in [3.8, 4) is 5.75 Å². The number of phenols is 1. The average molecular weight is 339 g/mol. The molecule has 25 heavy (non-hydrogen) atoms. The molecular formula is C20H25N3O2. The van der Waals surface area contributed by atoms with Crippen LogP contribution in [0.15, 0.2) is 36.4 Å². The average Bonchev–Trinajstić information content (AvgIpc) is 2.94. The summed E-state index contributed by atoms with van der Waals surface area (Å²) in [6.45, 7) is 7.40. The summed E-state index contributed by atoms with van der Waals surface area (Å²) in [4.78, 5) is 14.5. The summed E-state index contributed by atoms with van der Waals surface area (Å²) in [5.74, 6) is 0.441. The van der Waals surface area contributed by atoms with E-state index in [1.54, 1.807) is 12.1 Å². The molecule has 0 spiro atoms. The van der Waals surface area contributed by atoms with Crippen molar-refractivity contribution in [2.45, 2.75) is 39.7 Å². The molecule has 0 bridgehead atoms. The first-order valence-electron chi connectivity index (χ1n) is 8.73. The fraction of sp³-hybridized carbons (Fsp3) is 0.400. The third kappa shape index (κ3) is 3.92. The molecule has 0 saturated carbocycles. The van der Waals surface area contributed by atoms with Gasteiger partial charge in [0.25, 0.3) is 0 Å². The minimum atomic E-state index is 0.0590. The molecule has 0 fully saturated rings. The van der Waals surface area contributed by atoms with E-state index in [2.05, 4.69) is 11.2 Å². The van der Waals surface area contributed by atoms with Gasteiger partial charge in [0.05, 0.1) is 11.7 Å². The molecule has 2 heterocycles. The highest BCUT2D eigenvalue weighted by molar-refractivity contribution is 5.78. The molecule has 0 radical (unpaired) electrons. The van der Waals surface area contributed by atoms with Gasteiger partial charge in [0.1, 0.15) is 5.75 Å². The number of hydrogen-bond acceptors (Lipinski definition) is 3. The summed E-state index contributed by atoms with van der Waals surface area (Å²) in [5, 5.41) is 13.9. The molecular weight excluding hydrogens is 314 g/mol. The topological polar surface area (TPSA) is 58.4 Å². The van der Waals surface area contributed by atoms with Crippen LogP contribution in [0.4, 0.5) is 0 Å². The zero-order valence-corrected chi connectivity index (χ0v) is 15.1. The van der Waals surface area contributed by atoms with Crippen LogP contribution in [-0.2, 0) is 4.79 Å². The van der Waals surface area contributed by atoms with Gasteiger partial charge in [-0.2, -0.15) is 5.10 Å². The van der Waals surface area contributed by atoms with E-state index in [0.717, 1.165) is 29.9 Å². The van der Waals surface area contributed by atoms with Gasteiger partial charge in [-0.05, 0) is 56.5 Å². The number of phenolic OH excluding ortho intramolecular Hbond substituents is 1. The van der Waals surface area contributed by atoms with Crippen LogP contribution < -0.4 is 0 Å². The monoisotopic (exact) mass is 339 g/mol. The van der Waals surface area contributed by atoms with Crippen LogP contribution >= 0.6 is 0 Å². The Balaban J connectivity index is 1.61. The molecule has 5 heteroatoms. The van der Waals surface area contributed by atoms with E-state index in [9.17, 15) is 9.90 Å². The van der Waals surface area contributed by atoms with Crippen molar-refractivity contribution in [3.63, 3.8) is 0 Å². The van der Waals surface area contributed by atoms with Crippen molar-refractivity contribution in [2.24, 2.45) is 0 Å². The van der Waals surface area contributed by atoms with Crippen LogP contribution in [0.1, 0.15) is 42.8 Å². The van der Waals surface area contributed by atoms with Crippen molar-refractivity contribution in [2.75, 3.05) is 13.1 Å². The van der Waals surface area contributed by atoms with Gasteiger partial charge in [0, 0.05) is 25.2 Å². The first kappa shape index (κ1) is 17.3. The van der Waals surface area contributed by atoms with E-state index in [4.69, 9.17) is 0 Å². The van der Waals surface area contributed by atoms with Crippen LogP contribution in [0.3, 0.4) is 0 Å². The summed E-state index contributed by atoms with van der Waals surface area (Å²) in [6, 6.07) is 9.33. The van der Waals surface area contributed by atoms with E-state index in [1.807, 2.05) is 48.6 Å². The molecule has 1 unspecified atom stereocenters. The summed E-state index contributed by atoms with van der Waals surface area (Å²) >= 11 is 0. The van der Waals surface area contributed by atoms with Crippen LogP contribution in [0, 0.1) is 13.8 Å². The van der Waals surface area contributed by atoms with Crippen molar-refractivity contribution in [3.05, 3.63) is 53.4 Å². The largest absolute Gasteiger partial charge is 0.508 e. The lowest BCUT2D eigenvalue weighted by Crippen LogP contribution is -2.35.